The van der Waals surface area contributed by atoms with Crippen LogP contribution in [0, 0.1) is 5.92 Å². The van der Waals surface area contributed by atoms with Gasteiger partial charge in [0.05, 0.1) is 11.0 Å². The minimum absolute atomic E-state index is 0.570. The van der Waals surface area contributed by atoms with E-state index in [1.54, 1.807) is 0 Å². The van der Waals surface area contributed by atoms with Crippen LogP contribution >= 0.6 is 0 Å². The minimum atomic E-state index is 0.570. The van der Waals surface area contributed by atoms with E-state index in [4.69, 9.17) is 0 Å². The van der Waals surface area contributed by atoms with Crippen LogP contribution in [0.1, 0.15) is 25.0 Å². The lowest BCUT2D eigenvalue weighted by Gasteiger charge is -2.16. The second-order valence-corrected chi connectivity index (χ2v) is 5.42. The molecule has 2 unspecified atom stereocenters. The predicted octanol–water partition coefficient (Wildman–Crippen LogP) is 2.53. The van der Waals surface area contributed by atoms with Crippen molar-refractivity contribution < 1.29 is 0 Å². The molecular formula is C15H18N4. The summed E-state index contributed by atoms with van der Waals surface area (Å²) in [6, 6.07) is 6.33. The van der Waals surface area contributed by atoms with Crippen LogP contribution in [-0.2, 0) is 0 Å². The van der Waals surface area contributed by atoms with Crippen LogP contribution in [-0.4, -0.2) is 27.5 Å². The van der Waals surface area contributed by atoms with E-state index in [1.807, 2.05) is 6.20 Å². The van der Waals surface area contributed by atoms with Crippen molar-refractivity contribution in [3.8, 4) is 0 Å². The highest BCUT2D eigenvalue weighted by molar-refractivity contribution is 5.79. The maximum Gasteiger partial charge on any atom is 0.137 e. The molecule has 3 aromatic heterocycles. The highest BCUT2D eigenvalue weighted by Gasteiger charge is 2.29. The molecule has 0 aromatic carbocycles. The molecule has 2 atom stereocenters. The Kier molecular flexibility index (Phi) is 2.38. The van der Waals surface area contributed by atoms with Gasteiger partial charge in [-0.05, 0) is 30.7 Å². The van der Waals surface area contributed by atoms with E-state index in [9.17, 15) is 0 Å². The first-order valence-electron chi connectivity index (χ1n) is 7.02. The Bertz CT molecular complexity index is 724. The van der Waals surface area contributed by atoms with Gasteiger partial charge in [0.2, 0.25) is 0 Å². The quantitative estimate of drug-likeness (QED) is 0.738. The summed E-state index contributed by atoms with van der Waals surface area (Å²) in [4.78, 5) is 7.86. The maximum atomic E-state index is 4.58. The molecule has 0 saturated carbocycles. The Morgan fingerprint density at radius 3 is 3.16 bits per heavy atom. The highest BCUT2D eigenvalue weighted by Crippen LogP contribution is 2.32. The topological polar surface area (TPSA) is 45.1 Å². The molecule has 1 aliphatic rings. The van der Waals surface area contributed by atoms with Crippen molar-refractivity contribution >= 4 is 16.7 Å². The van der Waals surface area contributed by atoms with Crippen LogP contribution in [0.25, 0.3) is 16.7 Å². The SMILES string of the molecule is CCC1CNCC1c1cnc2ccc3[nH]ccc3n12. The monoisotopic (exact) mass is 254 g/mol. The smallest absolute Gasteiger partial charge is 0.137 e. The van der Waals surface area contributed by atoms with Gasteiger partial charge in [-0.1, -0.05) is 13.3 Å². The predicted molar refractivity (Wildman–Crippen MR) is 76.4 cm³/mol. The number of hydrogen-bond donors (Lipinski definition) is 2. The number of aromatic nitrogens is 3. The molecule has 1 saturated heterocycles. The lowest BCUT2D eigenvalue weighted by Crippen LogP contribution is -2.12. The minimum Gasteiger partial charge on any atom is -0.360 e. The first-order chi connectivity index (χ1) is 9.38. The van der Waals surface area contributed by atoms with Crippen LogP contribution in [0.4, 0.5) is 0 Å². The van der Waals surface area contributed by atoms with Crippen molar-refractivity contribution in [2.45, 2.75) is 19.3 Å². The number of imidazole rings is 1. The van der Waals surface area contributed by atoms with Crippen LogP contribution < -0.4 is 5.32 Å². The fourth-order valence-corrected chi connectivity index (χ4v) is 3.39. The van der Waals surface area contributed by atoms with E-state index >= 15 is 0 Å². The Morgan fingerprint density at radius 1 is 1.32 bits per heavy atom. The number of rotatable bonds is 2. The van der Waals surface area contributed by atoms with Crippen molar-refractivity contribution in [1.82, 2.24) is 19.7 Å². The second-order valence-electron chi connectivity index (χ2n) is 5.42. The number of nitrogens with zero attached hydrogens (tertiary/aromatic N) is 2. The third-order valence-electron chi connectivity index (χ3n) is 4.46. The molecule has 19 heavy (non-hydrogen) atoms. The third kappa shape index (κ3) is 1.53. The lowest BCUT2D eigenvalue weighted by atomic mass is 9.91. The summed E-state index contributed by atoms with van der Waals surface area (Å²) in [5.41, 5.74) is 4.79. The summed E-state index contributed by atoms with van der Waals surface area (Å²) >= 11 is 0. The van der Waals surface area contributed by atoms with Gasteiger partial charge in [0.25, 0.3) is 0 Å². The third-order valence-corrected chi connectivity index (χ3v) is 4.46. The van der Waals surface area contributed by atoms with Gasteiger partial charge in [-0.15, -0.1) is 0 Å². The molecule has 98 valence electrons. The van der Waals surface area contributed by atoms with Crippen LogP contribution in [0.5, 0.6) is 0 Å². The molecule has 4 heteroatoms. The summed E-state index contributed by atoms with van der Waals surface area (Å²) in [7, 11) is 0. The Labute approximate surface area is 111 Å². The molecule has 0 aliphatic carbocycles. The molecule has 0 bridgehead atoms. The molecule has 4 heterocycles. The summed E-state index contributed by atoms with van der Waals surface area (Å²) < 4.78 is 2.31. The normalized spacial score (nSPS) is 23.6. The first-order valence-corrected chi connectivity index (χ1v) is 7.02. The molecule has 1 fully saturated rings. The Hall–Kier alpha value is -1.81. The van der Waals surface area contributed by atoms with E-state index in [0.717, 1.165) is 18.7 Å². The van der Waals surface area contributed by atoms with E-state index < -0.39 is 0 Å². The molecule has 2 N–H and O–H groups in total. The zero-order valence-electron chi connectivity index (χ0n) is 11.1. The zero-order valence-corrected chi connectivity index (χ0v) is 11.1. The number of H-pyrrole nitrogens is 1. The first kappa shape index (κ1) is 11.1. The van der Waals surface area contributed by atoms with E-state index in [1.165, 1.54) is 23.1 Å². The van der Waals surface area contributed by atoms with Gasteiger partial charge < -0.3 is 10.3 Å². The molecule has 4 rings (SSSR count). The molecule has 3 aromatic rings. The Morgan fingerprint density at radius 2 is 2.26 bits per heavy atom. The van der Waals surface area contributed by atoms with Gasteiger partial charge in [0, 0.05) is 30.6 Å². The van der Waals surface area contributed by atoms with Crippen LogP contribution in [0.3, 0.4) is 0 Å². The average molecular weight is 254 g/mol. The summed E-state index contributed by atoms with van der Waals surface area (Å²) in [5.74, 6) is 1.29. The molecule has 0 radical (unpaired) electrons. The molecule has 1 aliphatic heterocycles. The summed E-state index contributed by atoms with van der Waals surface area (Å²) in [6.45, 7) is 4.46. The van der Waals surface area contributed by atoms with Gasteiger partial charge in [0.1, 0.15) is 5.65 Å². The zero-order chi connectivity index (χ0) is 12.8. The molecular weight excluding hydrogens is 236 g/mol. The van der Waals surface area contributed by atoms with Crippen LogP contribution in [0.2, 0.25) is 0 Å². The van der Waals surface area contributed by atoms with Crippen molar-refractivity contribution in [3.05, 3.63) is 36.3 Å². The molecule has 0 amide bonds. The largest absolute Gasteiger partial charge is 0.360 e. The van der Waals surface area contributed by atoms with Crippen molar-refractivity contribution in [3.63, 3.8) is 0 Å². The number of nitrogens with one attached hydrogen (secondary N) is 2. The molecule has 0 spiro atoms. The van der Waals surface area contributed by atoms with E-state index in [-0.39, 0.29) is 0 Å². The van der Waals surface area contributed by atoms with Crippen molar-refractivity contribution in [2.24, 2.45) is 5.92 Å². The van der Waals surface area contributed by atoms with Gasteiger partial charge in [-0.3, -0.25) is 4.40 Å². The fourth-order valence-electron chi connectivity index (χ4n) is 3.39. The van der Waals surface area contributed by atoms with Crippen LogP contribution in [0.15, 0.2) is 30.6 Å². The number of pyridine rings is 1. The number of aromatic amines is 1. The van der Waals surface area contributed by atoms with Gasteiger partial charge in [0.15, 0.2) is 0 Å². The van der Waals surface area contributed by atoms with E-state index in [0.29, 0.717) is 11.8 Å². The highest BCUT2D eigenvalue weighted by atomic mass is 15.0. The molecule has 4 nitrogen and oxygen atoms in total. The van der Waals surface area contributed by atoms with Gasteiger partial charge >= 0.3 is 0 Å². The Balaban J connectivity index is 1.96. The maximum absolute atomic E-state index is 4.58. The summed E-state index contributed by atoms with van der Waals surface area (Å²) in [5, 5.41) is 3.52. The van der Waals surface area contributed by atoms with Crippen molar-refractivity contribution in [2.75, 3.05) is 13.1 Å². The van der Waals surface area contributed by atoms with Crippen molar-refractivity contribution in [1.29, 1.82) is 0 Å². The number of hydrogen-bond acceptors (Lipinski definition) is 2. The standard InChI is InChI=1S/C15H18N4/c1-2-10-7-16-8-11(10)14-9-18-15-4-3-12-13(19(14)15)5-6-17-12/h3-6,9-11,16-17H,2,7-8H2,1H3. The second kappa shape index (κ2) is 4.10. The van der Waals surface area contributed by atoms with E-state index in [2.05, 4.69) is 51.0 Å². The number of fused-ring (bicyclic) bond motifs is 3. The summed E-state index contributed by atoms with van der Waals surface area (Å²) in [6.07, 6.45) is 5.27. The van der Waals surface area contributed by atoms with Gasteiger partial charge in [-0.2, -0.15) is 0 Å². The fraction of sp³-hybridized carbons (Fsp3) is 0.400. The van der Waals surface area contributed by atoms with Gasteiger partial charge in [-0.25, -0.2) is 4.98 Å². The lowest BCUT2D eigenvalue weighted by molar-refractivity contribution is 0.493. The average Bonchev–Trinajstić information content (AvgIpc) is 3.15.